The van der Waals surface area contributed by atoms with Crippen LogP contribution in [-0.4, -0.2) is 17.4 Å². The monoisotopic (exact) mass is 180 g/mol. The maximum absolute atomic E-state index is 11.4. The molecule has 1 heterocycles. The van der Waals surface area contributed by atoms with Crippen molar-refractivity contribution in [2.45, 2.75) is 13.0 Å². The van der Waals surface area contributed by atoms with Gasteiger partial charge in [0.15, 0.2) is 6.29 Å². The number of pyridine rings is 1. The van der Waals surface area contributed by atoms with Crippen LogP contribution >= 0.6 is 0 Å². The van der Waals surface area contributed by atoms with Crippen LogP contribution in [0.5, 0.6) is 0 Å². The van der Waals surface area contributed by atoms with Gasteiger partial charge in [-0.15, -0.1) is 0 Å². The Kier molecular flexibility index (Phi) is 3.40. The smallest absolute Gasteiger partial charge is 0.261 e. The van der Waals surface area contributed by atoms with Crippen LogP contribution in [0.2, 0.25) is 0 Å². The molecule has 1 aromatic heterocycles. The van der Waals surface area contributed by atoms with Crippen molar-refractivity contribution in [3.8, 4) is 0 Å². The predicted octanol–water partition coefficient (Wildman–Crippen LogP) is 0.00960. The lowest BCUT2D eigenvalue weighted by Gasteiger charge is -2.03. The zero-order chi connectivity index (χ0) is 9.68. The molecule has 0 bridgehead atoms. The molecule has 13 heavy (non-hydrogen) atoms. The fraction of sp³-hybridized carbons (Fsp3) is 0.333. The summed E-state index contributed by atoms with van der Waals surface area (Å²) in [6, 6.07) is 3.19. The van der Waals surface area contributed by atoms with Crippen molar-refractivity contribution < 1.29 is 4.79 Å². The van der Waals surface area contributed by atoms with Crippen LogP contribution in [0.15, 0.2) is 23.1 Å². The molecule has 0 atom stereocenters. The van der Waals surface area contributed by atoms with Crippen LogP contribution in [0.3, 0.4) is 0 Å². The normalized spacial score (nSPS) is 9.92. The zero-order valence-corrected chi connectivity index (χ0v) is 7.27. The fourth-order valence-corrected chi connectivity index (χ4v) is 1.08. The highest BCUT2D eigenvalue weighted by Crippen LogP contribution is 1.89. The molecular weight excluding hydrogens is 168 g/mol. The summed E-state index contributed by atoms with van der Waals surface area (Å²) < 4.78 is 1.50. The van der Waals surface area contributed by atoms with Crippen molar-refractivity contribution in [1.82, 2.24) is 4.57 Å². The van der Waals surface area contributed by atoms with E-state index in [4.69, 9.17) is 5.73 Å². The summed E-state index contributed by atoms with van der Waals surface area (Å²) in [5.74, 6) is 0. The molecule has 0 unspecified atom stereocenters. The molecule has 0 aromatic carbocycles. The van der Waals surface area contributed by atoms with Crippen molar-refractivity contribution in [1.29, 1.82) is 0 Å². The van der Waals surface area contributed by atoms with Crippen molar-refractivity contribution >= 4 is 6.29 Å². The SMILES string of the molecule is NCCCn1cccc(C=O)c1=O. The van der Waals surface area contributed by atoms with Gasteiger partial charge in [0.2, 0.25) is 0 Å². The summed E-state index contributed by atoms with van der Waals surface area (Å²) >= 11 is 0. The molecule has 0 spiro atoms. The maximum Gasteiger partial charge on any atom is 0.261 e. The number of nitrogens with two attached hydrogens (primary N) is 1. The van der Waals surface area contributed by atoms with Crippen LogP contribution in [0, 0.1) is 0 Å². The molecule has 4 heteroatoms. The molecule has 2 N–H and O–H groups in total. The predicted molar refractivity (Wildman–Crippen MR) is 49.8 cm³/mol. The van der Waals surface area contributed by atoms with Gasteiger partial charge in [0, 0.05) is 12.7 Å². The molecule has 0 aliphatic rings. The van der Waals surface area contributed by atoms with E-state index >= 15 is 0 Å². The van der Waals surface area contributed by atoms with Crippen molar-refractivity contribution in [3.05, 3.63) is 34.2 Å². The third-order valence-electron chi connectivity index (χ3n) is 1.78. The lowest BCUT2D eigenvalue weighted by atomic mass is 10.3. The minimum Gasteiger partial charge on any atom is -0.330 e. The Labute approximate surface area is 76.0 Å². The first-order chi connectivity index (χ1) is 6.29. The molecular formula is C9H12N2O2. The first kappa shape index (κ1) is 9.67. The van der Waals surface area contributed by atoms with E-state index in [1.807, 2.05) is 0 Å². The van der Waals surface area contributed by atoms with E-state index in [-0.39, 0.29) is 11.1 Å². The van der Waals surface area contributed by atoms with E-state index in [9.17, 15) is 9.59 Å². The summed E-state index contributed by atoms with van der Waals surface area (Å²) in [4.78, 5) is 21.8. The lowest BCUT2D eigenvalue weighted by Crippen LogP contribution is -2.23. The molecule has 0 fully saturated rings. The van der Waals surface area contributed by atoms with Crippen molar-refractivity contribution in [2.75, 3.05) is 6.54 Å². The minimum absolute atomic E-state index is 0.194. The topological polar surface area (TPSA) is 65.1 Å². The van der Waals surface area contributed by atoms with Gasteiger partial charge in [0.25, 0.3) is 5.56 Å². The Balaban J connectivity index is 2.95. The number of nitrogens with zero attached hydrogens (tertiary/aromatic N) is 1. The number of carbonyl (C=O) groups is 1. The lowest BCUT2D eigenvalue weighted by molar-refractivity contribution is 0.112. The Morgan fingerprint density at radius 3 is 2.92 bits per heavy atom. The first-order valence-electron chi connectivity index (χ1n) is 4.14. The number of aldehydes is 1. The molecule has 0 aliphatic carbocycles. The van der Waals surface area contributed by atoms with E-state index < -0.39 is 0 Å². The van der Waals surface area contributed by atoms with Crippen molar-refractivity contribution in [2.24, 2.45) is 5.73 Å². The van der Waals surface area contributed by atoms with Crippen LogP contribution in [0.25, 0.3) is 0 Å². The average Bonchev–Trinajstić information content (AvgIpc) is 2.16. The van der Waals surface area contributed by atoms with Gasteiger partial charge in [0.05, 0.1) is 5.56 Å². The largest absolute Gasteiger partial charge is 0.330 e. The second kappa shape index (κ2) is 4.57. The Morgan fingerprint density at radius 1 is 1.54 bits per heavy atom. The summed E-state index contributed by atoms with van der Waals surface area (Å²) in [6.07, 6.45) is 2.97. The second-order valence-electron chi connectivity index (χ2n) is 2.72. The molecule has 70 valence electrons. The van der Waals surface area contributed by atoms with Gasteiger partial charge in [-0.2, -0.15) is 0 Å². The summed E-state index contributed by atoms with van der Waals surface area (Å²) in [7, 11) is 0. The molecule has 1 rings (SSSR count). The molecule has 0 radical (unpaired) electrons. The van der Waals surface area contributed by atoms with Gasteiger partial charge in [-0.1, -0.05) is 0 Å². The van der Waals surface area contributed by atoms with E-state index in [1.165, 1.54) is 10.6 Å². The maximum atomic E-state index is 11.4. The van der Waals surface area contributed by atoms with Gasteiger partial charge in [-0.25, -0.2) is 0 Å². The zero-order valence-electron chi connectivity index (χ0n) is 7.27. The third-order valence-corrected chi connectivity index (χ3v) is 1.78. The van der Waals surface area contributed by atoms with Crippen LogP contribution in [0.4, 0.5) is 0 Å². The van der Waals surface area contributed by atoms with Gasteiger partial charge in [-0.05, 0) is 25.1 Å². The van der Waals surface area contributed by atoms with Gasteiger partial charge < -0.3 is 10.3 Å². The molecule has 0 aliphatic heterocycles. The van der Waals surface area contributed by atoms with Gasteiger partial charge in [0.1, 0.15) is 0 Å². The van der Waals surface area contributed by atoms with E-state index in [0.717, 1.165) is 6.42 Å². The number of hydrogen-bond donors (Lipinski definition) is 1. The van der Waals surface area contributed by atoms with Crippen LogP contribution in [0.1, 0.15) is 16.8 Å². The molecule has 4 nitrogen and oxygen atoms in total. The molecule has 0 amide bonds. The van der Waals surface area contributed by atoms with Gasteiger partial charge in [-0.3, -0.25) is 9.59 Å². The highest BCUT2D eigenvalue weighted by molar-refractivity contribution is 5.73. The average molecular weight is 180 g/mol. The highest BCUT2D eigenvalue weighted by atomic mass is 16.1. The van der Waals surface area contributed by atoms with E-state index in [1.54, 1.807) is 12.3 Å². The standard InChI is InChI=1S/C9H12N2O2/c10-4-2-6-11-5-1-3-8(7-12)9(11)13/h1,3,5,7H,2,4,6,10H2. The number of rotatable bonds is 4. The number of aryl methyl sites for hydroxylation is 1. The Hall–Kier alpha value is -1.42. The fourth-order valence-electron chi connectivity index (χ4n) is 1.08. The van der Waals surface area contributed by atoms with E-state index in [2.05, 4.69) is 0 Å². The Bertz CT molecular complexity index is 344. The van der Waals surface area contributed by atoms with E-state index in [0.29, 0.717) is 19.4 Å². The summed E-state index contributed by atoms with van der Waals surface area (Å²) in [5, 5.41) is 0. The summed E-state index contributed by atoms with van der Waals surface area (Å²) in [6.45, 7) is 1.11. The van der Waals surface area contributed by atoms with Crippen molar-refractivity contribution in [3.63, 3.8) is 0 Å². The summed E-state index contributed by atoms with van der Waals surface area (Å²) in [5.41, 5.74) is 5.26. The van der Waals surface area contributed by atoms with Gasteiger partial charge >= 0.3 is 0 Å². The molecule has 0 saturated carbocycles. The quantitative estimate of drug-likeness (QED) is 0.664. The second-order valence-corrected chi connectivity index (χ2v) is 2.72. The number of carbonyl (C=O) groups excluding carboxylic acids is 1. The number of hydrogen-bond acceptors (Lipinski definition) is 3. The molecule has 0 saturated heterocycles. The highest BCUT2D eigenvalue weighted by Gasteiger charge is 1.99. The minimum atomic E-state index is -0.244. The first-order valence-corrected chi connectivity index (χ1v) is 4.14. The van der Waals surface area contributed by atoms with Crippen LogP contribution in [-0.2, 0) is 6.54 Å². The number of aromatic nitrogens is 1. The molecule has 1 aromatic rings. The van der Waals surface area contributed by atoms with Crippen LogP contribution < -0.4 is 11.3 Å². The third kappa shape index (κ3) is 2.26. The Morgan fingerprint density at radius 2 is 2.31 bits per heavy atom.